The molecule has 0 bridgehead atoms. The highest BCUT2D eigenvalue weighted by atomic mass is 19.3. The third kappa shape index (κ3) is 3.53. The monoisotopic (exact) mass is 281 g/mol. The van der Waals surface area contributed by atoms with Crippen molar-refractivity contribution in [2.24, 2.45) is 0 Å². The van der Waals surface area contributed by atoms with E-state index < -0.39 is 12.7 Å². The van der Waals surface area contributed by atoms with Gasteiger partial charge < -0.3 is 10.1 Å². The van der Waals surface area contributed by atoms with Crippen LogP contribution < -0.4 is 10.1 Å². The molecule has 2 rings (SSSR count). The van der Waals surface area contributed by atoms with Crippen molar-refractivity contribution in [1.29, 1.82) is 0 Å². The molecule has 0 aliphatic heterocycles. The van der Waals surface area contributed by atoms with E-state index in [4.69, 9.17) is 0 Å². The van der Waals surface area contributed by atoms with E-state index in [2.05, 4.69) is 15.2 Å². The molecule has 1 aromatic carbocycles. The highest BCUT2D eigenvalue weighted by Gasteiger charge is 2.15. The molecule has 5 nitrogen and oxygen atoms in total. The maximum atomic E-state index is 12.0. The summed E-state index contributed by atoms with van der Waals surface area (Å²) >= 11 is 0. The number of amides is 1. The van der Waals surface area contributed by atoms with Crippen molar-refractivity contribution in [3.05, 3.63) is 42.7 Å². The van der Waals surface area contributed by atoms with Gasteiger partial charge in [-0.05, 0) is 37.3 Å². The lowest BCUT2D eigenvalue weighted by Gasteiger charge is -2.13. The zero-order valence-electron chi connectivity index (χ0n) is 10.7. The summed E-state index contributed by atoms with van der Waals surface area (Å²) in [5.41, 5.74) is 0.496. The van der Waals surface area contributed by atoms with Gasteiger partial charge in [-0.2, -0.15) is 13.9 Å². The number of hydrogen-bond donors (Lipinski definition) is 1. The topological polar surface area (TPSA) is 56.1 Å². The second-order valence-electron chi connectivity index (χ2n) is 4.05. The van der Waals surface area contributed by atoms with Gasteiger partial charge in [0.2, 0.25) is 5.91 Å². The summed E-state index contributed by atoms with van der Waals surface area (Å²) < 4.78 is 29.7. The second kappa shape index (κ2) is 6.14. The molecule has 1 amide bonds. The van der Waals surface area contributed by atoms with Gasteiger partial charge in [-0.1, -0.05) is 0 Å². The molecule has 1 atom stereocenters. The van der Waals surface area contributed by atoms with Crippen molar-refractivity contribution in [3.8, 4) is 5.75 Å². The average molecular weight is 281 g/mol. The number of ether oxygens (including phenoxy) is 1. The minimum atomic E-state index is -2.87. The number of alkyl halides is 2. The van der Waals surface area contributed by atoms with Gasteiger partial charge in [-0.25, -0.2) is 0 Å². The van der Waals surface area contributed by atoms with Gasteiger partial charge in [-0.3, -0.25) is 9.48 Å². The largest absolute Gasteiger partial charge is 0.435 e. The summed E-state index contributed by atoms with van der Waals surface area (Å²) in [6.45, 7) is -1.16. The van der Waals surface area contributed by atoms with Crippen LogP contribution in [0.3, 0.4) is 0 Å². The van der Waals surface area contributed by atoms with Crippen LogP contribution in [0.2, 0.25) is 0 Å². The van der Waals surface area contributed by atoms with Crippen molar-refractivity contribution < 1.29 is 18.3 Å². The number of carbonyl (C=O) groups is 1. The van der Waals surface area contributed by atoms with E-state index >= 15 is 0 Å². The highest BCUT2D eigenvalue weighted by molar-refractivity contribution is 5.93. The predicted octanol–water partition coefficient (Wildman–Crippen LogP) is 2.68. The summed E-state index contributed by atoms with van der Waals surface area (Å²) in [7, 11) is 0. The van der Waals surface area contributed by atoms with Crippen molar-refractivity contribution in [3.63, 3.8) is 0 Å². The summed E-state index contributed by atoms with van der Waals surface area (Å²) in [6.07, 6.45) is 3.27. The van der Waals surface area contributed by atoms with E-state index in [0.717, 1.165) is 0 Å². The van der Waals surface area contributed by atoms with E-state index in [1.165, 1.54) is 28.9 Å². The molecule has 0 spiro atoms. The maximum Gasteiger partial charge on any atom is 0.387 e. The Morgan fingerprint density at radius 3 is 2.60 bits per heavy atom. The third-order valence-corrected chi connectivity index (χ3v) is 2.65. The molecule has 1 heterocycles. The Hall–Kier alpha value is -2.44. The molecule has 1 aromatic heterocycles. The zero-order valence-corrected chi connectivity index (χ0v) is 10.7. The number of hydrogen-bond acceptors (Lipinski definition) is 3. The predicted molar refractivity (Wildman–Crippen MR) is 68.6 cm³/mol. The summed E-state index contributed by atoms with van der Waals surface area (Å²) in [5.74, 6) is -0.214. The first kappa shape index (κ1) is 14.0. The molecule has 0 aliphatic carbocycles. The molecule has 0 saturated carbocycles. The van der Waals surface area contributed by atoms with Crippen LogP contribution in [-0.4, -0.2) is 22.3 Å². The molecule has 0 radical (unpaired) electrons. The Morgan fingerprint density at radius 1 is 1.35 bits per heavy atom. The number of halogens is 2. The van der Waals surface area contributed by atoms with Crippen LogP contribution in [0.25, 0.3) is 0 Å². The Kier molecular flexibility index (Phi) is 4.29. The number of carbonyl (C=O) groups excluding carboxylic acids is 1. The Bertz CT molecular complexity index is 556. The van der Waals surface area contributed by atoms with Crippen molar-refractivity contribution in [1.82, 2.24) is 9.78 Å². The van der Waals surface area contributed by atoms with Crippen LogP contribution in [0, 0.1) is 0 Å². The summed E-state index contributed by atoms with van der Waals surface area (Å²) in [4.78, 5) is 12.0. The lowest BCUT2D eigenvalue weighted by atomic mass is 10.2. The van der Waals surface area contributed by atoms with E-state index in [1.54, 1.807) is 25.4 Å². The SMILES string of the molecule is C[C@H](C(=O)Nc1ccc(OC(F)F)cc1)n1cccn1. The fourth-order valence-corrected chi connectivity index (χ4v) is 1.60. The van der Waals surface area contributed by atoms with E-state index in [1.807, 2.05) is 0 Å². The van der Waals surface area contributed by atoms with Crippen molar-refractivity contribution >= 4 is 11.6 Å². The summed E-state index contributed by atoms with van der Waals surface area (Å²) in [6, 6.07) is 6.96. The van der Waals surface area contributed by atoms with Gasteiger partial charge in [0.1, 0.15) is 11.8 Å². The van der Waals surface area contributed by atoms with E-state index in [0.29, 0.717) is 5.69 Å². The van der Waals surface area contributed by atoms with Gasteiger partial charge in [-0.15, -0.1) is 0 Å². The molecule has 2 aromatic rings. The first-order valence-corrected chi connectivity index (χ1v) is 5.91. The van der Waals surface area contributed by atoms with E-state index in [-0.39, 0.29) is 11.7 Å². The standard InChI is InChI=1S/C13H13F2N3O2/c1-9(18-8-2-7-16-18)12(19)17-10-3-5-11(6-4-10)20-13(14)15/h2-9,13H,1H3,(H,17,19)/t9-/m1/s1. The third-order valence-electron chi connectivity index (χ3n) is 2.65. The Balaban J connectivity index is 1.97. The van der Waals surface area contributed by atoms with Crippen LogP contribution in [0.5, 0.6) is 5.75 Å². The van der Waals surface area contributed by atoms with Crippen LogP contribution in [0.4, 0.5) is 14.5 Å². The fourth-order valence-electron chi connectivity index (χ4n) is 1.60. The number of nitrogens with one attached hydrogen (secondary N) is 1. The van der Waals surface area contributed by atoms with Crippen LogP contribution in [0.1, 0.15) is 13.0 Å². The smallest absolute Gasteiger partial charge is 0.387 e. The second-order valence-corrected chi connectivity index (χ2v) is 4.05. The molecule has 7 heteroatoms. The van der Waals surface area contributed by atoms with Gasteiger partial charge in [0.25, 0.3) is 0 Å². The number of benzene rings is 1. The molecular weight excluding hydrogens is 268 g/mol. The normalized spacial score (nSPS) is 12.2. The molecule has 0 unspecified atom stereocenters. The van der Waals surface area contributed by atoms with Gasteiger partial charge in [0.05, 0.1) is 0 Å². The minimum Gasteiger partial charge on any atom is -0.435 e. The number of anilines is 1. The van der Waals surface area contributed by atoms with E-state index in [9.17, 15) is 13.6 Å². The maximum absolute atomic E-state index is 12.0. The Morgan fingerprint density at radius 2 is 2.05 bits per heavy atom. The zero-order chi connectivity index (χ0) is 14.5. The molecular formula is C13H13F2N3O2. The first-order valence-electron chi connectivity index (χ1n) is 5.91. The van der Waals surface area contributed by atoms with Crippen LogP contribution >= 0.6 is 0 Å². The molecule has 0 saturated heterocycles. The van der Waals surface area contributed by atoms with Crippen molar-refractivity contribution in [2.75, 3.05) is 5.32 Å². The highest BCUT2D eigenvalue weighted by Crippen LogP contribution is 2.18. The van der Waals surface area contributed by atoms with Crippen molar-refractivity contribution in [2.45, 2.75) is 19.6 Å². The first-order chi connectivity index (χ1) is 9.56. The molecule has 0 aliphatic rings. The van der Waals surface area contributed by atoms with Crippen LogP contribution in [0.15, 0.2) is 42.7 Å². The van der Waals surface area contributed by atoms with Gasteiger partial charge in [0, 0.05) is 18.1 Å². The molecule has 1 N–H and O–H groups in total. The lowest BCUT2D eigenvalue weighted by Crippen LogP contribution is -2.23. The molecule has 106 valence electrons. The van der Waals surface area contributed by atoms with Gasteiger partial charge >= 0.3 is 6.61 Å². The van der Waals surface area contributed by atoms with Gasteiger partial charge in [0.15, 0.2) is 0 Å². The Labute approximate surface area is 114 Å². The molecule has 0 fully saturated rings. The molecule has 20 heavy (non-hydrogen) atoms. The number of rotatable bonds is 5. The lowest BCUT2D eigenvalue weighted by molar-refractivity contribution is -0.119. The average Bonchev–Trinajstić information content (AvgIpc) is 2.93. The summed E-state index contributed by atoms with van der Waals surface area (Å²) in [5, 5.41) is 6.65. The number of nitrogens with zero attached hydrogens (tertiary/aromatic N) is 2. The van der Waals surface area contributed by atoms with Crippen LogP contribution in [-0.2, 0) is 4.79 Å². The number of aromatic nitrogens is 2. The minimum absolute atomic E-state index is 0.0399. The quantitative estimate of drug-likeness (QED) is 0.916. The fraction of sp³-hybridized carbons (Fsp3) is 0.231.